The van der Waals surface area contributed by atoms with Gasteiger partial charge in [0.05, 0.1) is 31.9 Å². The van der Waals surface area contributed by atoms with E-state index >= 15 is 0 Å². The largest absolute Gasteiger partial charge is 0.493 e. The molecule has 3 aromatic rings. The summed E-state index contributed by atoms with van der Waals surface area (Å²) in [6, 6.07) is 14.8. The number of amides is 1. The smallest absolute Gasteiger partial charge is 0.264 e. The molecular formula is C26H29ClN2O6S. The molecule has 0 spiro atoms. The molecule has 0 heterocycles. The highest BCUT2D eigenvalue weighted by Gasteiger charge is 2.29. The zero-order valence-corrected chi connectivity index (χ0v) is 22.4. The number of benzene rings is 3. The Hall–Kier alpha value is -3.43. The molecule has 0 aliphatic heterocycles. The third-order valence-corrected chi connectivity index (χ3v) is 7.85. The number of aryl methyl sites for hydroxylation is 1. The molecule has 0 aromatic heterocycles. The van der Waals surface area contributed by atoms with Crippen molar-refractivity contribution in [3.05, 3.63) is 76.3 Å². The van der Waals surface area contributed by atoms with Gasteiger partial charge in [-0.2, -0.15) is 0 Å². The summed E-state index contributed by atoms with van der Waals surface area (Å²) in [5.74, 6) is 0.773. The van der Waals surface area contributed by atoms with Gasteiger partial charge in [0.15, 0.2) is 11.5 Å². The van der Waals surface area contributed by atoms with E-state index in [4.69, 9.17) is 25.8 Å². The van der Waals surface area contributed by atoms with E-state index in [1.54, 1.807) is 49.4 Å². The SMILES string of the molecule is COc1ccc(CNC(=O)CN(c2cccc(Cl)c2C)S(=O)(=O)c2ccc(C)cc2)c(OC)c1OC. The van der Waals surface area contributed by atoms with Gasteiger partial charge in [-0.3, -0.25) is 9.10 Å². The van der Waals surface area contributed by atoms with Crippen LogP contribution in [0.2, 0.25) is 5.02 Å². The van der Waals surface area contributed by atoms with Crippen LogP contribution in [0.3, 0.4) is 0 Å². The summed E-state index contributed by atoms with van der Waals surface area (Å²) >= 11 is 6.28. The Balaban J connectivity index is 1.92. The number of methoxy groups -OCH3 is 3. The van der Waals surface area contributed by atoms with Crippen molar-refractivity contribution in [3.63, 3.8) is 0 Å². The molecule has 0 aliphatic rings. The molecule has 10 heteroatoms. The number of anilines is 1. The monoisotopic (exact) mass is 532 g/mol. The second-order valence-electron chi connectivity index (χ2n) is 7.98. The van der Waals surface area contributed by atoms with Crippen LogP contribution in [0, 0.1) is 13.8 Å². The lowest BCUT2D eigenvalue weighted by molar-refractivity contribution is -0.119. The third kappa shape index (κ3) is 5.68. The van der Waals surface area contributed by atoms with Gasteiger partial charge in [0.1, 0.15) is 6.54 Å². The van der Waals surface area contributed by atoms with Crippen molar-refractivity contribution in [3.8, 4) is 17.2 Å². The van der Waals surface area contributed by atoms with Crippen molar-refractivity contribution in [1.82, 2.24) is 5.32 Å². The molecule has 8 nitrogen and oxygen atoms in total. The summed E-state index contributed by atoms with van der Waals surface area (Å²) in [6.07, 6.45) is 0. The second-order valence-corrected chi connectivity index (χ2v) is 10.2. The van der Waals surface area contributed by atoms with Crippen molar-refractivity contribution >= 4 is 33.2 Å². The van der Waals surface area contributed by atoms with Gasteiger partial charge in [-0.1, -0.05) is 35.4 Å². The van der Waals surface area contributed by atoms with E-state index in [1.807, 2.05) is 6.92 Å². The molecule has 0 atom stereocenters. The third-order valence-electron chi connectivity index (χ3n) is 5.67. The topological polar surface area (TPSA) is 94.2 Å². The molecule has 0 fully saturated rings. The summed E-state index contributed by atoms with van der Waals surface area (Å²) in [5.41, 5.74) is 2.42. The molecule has 3 rings (SSSR count). The summed E-state index contributed by atoms with van der Waals surface area (Å²) in [5, 5.41) is 3.17. The van der Waals surface area contributed by atoms with Gasteiger partial charge in [0, 0.05) is 17.1 Å². The minimum atomic E-state index is -4.07. The lowest BCUT2D eigenvalue weighted by Gasteiger charge is -2.26. The number of carbonyl (C=O) groups is 1. The highest BCUT2D eigenvalue weighted by atomic mass is 35.5. The van der Waals surface area contributed by atoms with Crippen LogP contribution in [-0.4, -0.2) is 42.2 Å². The Kier molecular flexibility index (Phi) is 8.70. The Bertz CT molecular complexity index is 1340. The van der Waals surface area contributed by atoms with Crippen molar-refractivity contribution in [2.75, 3.05) is 32.2 Å². The van der Waals surface area contributed by atoms with Gasteiger partial charge in [0.25, 0.3) is 10.0 Å². The molecule has 36 heavy (non-hydrogen) atoms. The van der Waals surface area contributed by atoms with E-state index < -0.39 is 22.5 Å². The predicted molar refractivity (Wildman–Crippen MR) is 140 cm³/mol. The maximum absolute atomic E-state index is 13.6. The predicted octanol–water partition coefficient (Wildman–Crippen LogP) is 4.49. The van der Waals surface area contributed by atoms with Gasteiger partial charge < -0.3 is 19.5 Å². The maximum atomic E-state index is 13.6. The normalized spacial score (nSPS) is 11.1. The molecule has 1 N–H and O–H groups in total. The molecule has 0 radical (unpaired) electrons. The summed E-state index contributed by atoms with van der Waals surface area (Å²) in [6.45, 7) is 3.20. The minimum absolute atomic E-state index is 0.0711. The van der Waals surface area contributed by atoms with Gasteiger partial charge in [-0.15, -0.1) is 0 Å². The van der Waals surface area contributed by atoms with E-state index in [1.165, 1.54) is 33.5 Å². The van der Waals surface area contributed by atoms with Crippen molar-refractivity contribution < 1.29 is 27.4 Å². The van der Waals surface area contributed by atoms with Crippen LogP contribution in [0.15, 0.2) is 59.5 Å². The fraction of sp³-hybridized carbons (Fsp3) is 0.269. The zero-order valence-electron chi connectivity index (χ0n) is 20.8. The number of hydrogen-bond acceptors (Lipinski definition) is 6. The first-order chi connectivity index (χ1) is 17.1. The summed E-state index contributed by atoms with van der Waals surface area (Å²) in [7, 11) is 0.422. The number of rotatable bonds is 10. The maximum Gasteiger partial charge on any atom is 0.264 e. The van der Waals surface area contributed by atoms with Gasteiger partial charge in [-0.25, -0.2) is 8.42 Å². The molecule has 0 saturated carbocycles. The van der Waals surface area contributed by atoms with Crippen LogP contribution in [0.1, 0.15) is 16.7 Å². The van der Waals surface area contributed by atoms with Crippen LogP contribution < -0.4 is 23.8 Å². The van der Waals surface area contributed by atoms with Crippen LogP contribution in [0.25, 0.3) is 0 Å². The number of ether oxygens (including phenoxy) is 3. The zero-order chi connectivity index (χ0) is 26.5. The van der Waals surface area contributed by atoms with Gasteiger partial charge in [0.2, 0.25) is 11.7 Å². The summed E-state index contributed by atoms with van der Waals surface area (Å²) in [4.78, 5) is 13.1. The fourth-order valence-electron chi connectivity index (χ4n) is 3.69. The van der Waals surface area contributed by atoms with Crippen molar-refractivity contribution in [1.29, 1.82) is 0 Å². The van der Waals surface area contributed by atoms with Crippen LogP contribution in [0.4, 0.5) is 5.69 Å². The van der Waals surface area contributed by atoms with Crippen molar-refractivity contribution in [2.24, 2.45) is 0 Å². The number of hydrogen-bond donors (Lipinski definition) is 1. The average Bonchev–Trinajstić information content (AvgIpc) is 2.87. The van der Waals surface area contributed by atoms with Crippen LogP contribution in [-0.2, 0) is 21.4 Å². The molecule has 0 saturated heterocycles. The molecule has 1 amide bonds. The first-order valence-corrected chi connectivity index (χ1v) is 12.8. The first-order valence-electron chi connectivity index (χ1n) is 11.0. The van der Waals surface area contributed by atoms with Crippen LogP contribution in [0.5, 0.6) is 17.2 Å². The van der Waals surface area contributed by atoms with Crippen LogP contribution >= 0.6 is 11.6 Å². The molecular weight excluding hydrogens is 504 g/mol. The Morgan fingerprint density at radius 2 is 1.58 bits per heavy atom. The lowest BCUT2D eigenvalue weighted by atomic mass is 10.1. The Morgan fingerprint density at radius 1 is 0.917 bits per heavy atom. The molecule has 0 aliphatic carbocycles. The highest BCUT2D eigenvalue weighted by molar-refractivity contribution is 7.92. The second kappa shape index (κ2) is 11.5. The Morgan fingerprint density at radius 3 is 2.19 bits per heavy atom. The number of carbonyl (C=O) groups excluding carboxylic acids is 1. The standard InChI is InChI=1S/C26H29ClN2O6S/c1-17-9-12-20(13-10-17)36(31,32)29(22-8-6-7-21(27)18(22)2)16-24(30)28-15-19-11-14-23(33-3)26(35-5)25(19)34-4/h6-14H,15-16H2,1-5H3,(H,28,30). The molecule has 0 unspecified atom stereocenters. The van der Waals surface area contributed by atoms with E-state index in [0.29, 0.717) is 39.1 Å². The van der Waals surface area contributed by atoms with E-state index in [0.717, 1.165) is 9.87 Å². The number of halogens is 1. The molecule has 192 valence electrons. The number of nitrogens with zero attached hydrogens (tertiary/aromatic N) is 1. The fourth-order valence-corrected chi connectivity index (χ4v) is 5.33. The quantitative estimate of drug-likeness (QED) is 0.413. The molecule has 0 bridgehead atoms. The van der Waals surface area contributed by atoms with Crippen molar-refractivity contribution in [2.45, 2.75) is 25.3 Å². The Labute approximate surface area is 216 Å². The van der Waals surface area contributed by atoms with E-state index in [9.17, 15) is 13.2 Å². The average molecular weight is 533 g/mol. The lowest BCUT2D eigenvalue weighted by Crippen LogP contribution is -2.41. The van der Waals surface area contributed by atoms with Gasteiger partial charge in [-0.05, 0) is 55.8 Å². The number of nitrogens with one attached hydrogen (secondary N) is 1. The highest BCUT2D eigenvalue weighted by Crippen LogP contribution is 2.39. The minimum Gasteiger partial charge on any atom is -0.493 e. The van der Waals surface area contributed by atoms with E-state index in [-0.39, 0.29) is 11.4 Å². The molecule has 3 aromatic carbocycles. The summed E-state index contributed by atoms with van der Waals surface area (Å²) < 4.78 is 44.5. The van der Waals surface area contributed by atoms with Gasteiger partial charge >= 0.3 is 0 Å². The number of sulfonamides is 1. The first kappa shape index (κ1) is 27.2. The van der Waals surface area contributed by atoms with E-state index in [2.05, 4.69) is 5.32 Å².